The first-order valence-corrected chi connectivity index (χ1v) is 4.28. The zero-order chi connectivity index (χ0) is 8.72. The van der Waals surface area contributed by atoms with E-state index in [0.29, 0.717) is 6.61 Å². The van der Waals surface area contributed by atoms with Crippen LogP contribution < -0.4 is 0 Å². The summed E-state index contributed by atoms with van der Waals surface area (Å²) in [4.78, 5) is 11.2. The van der Waals surface area contributed by atoms with E-state index in [4.69, 9.17) is 4.74 Å². The highest BCUT2D eigenvalue weighted by atomic mass is 16.5. The summed E-state index contributed by atoms with van der Waals surface area (Å²) in [5.41, 5.74) is 0. The third kappa shape index (κ3) is 0.966. The molecule has 3 nitrogen and oxygen atoms in total. The number of aliphatic hydroxyl groups is 1. The zero-order valence-electron chi connectivity index (χ0n) is 6.93. The lowest BCUT2D eigenvalue weighted by molar-refractivity contribution is -0.145. The molecule has 0 aromatic rings. The Morgan fingerprint density at radius 2 is 2.33 bits per heavy atom. The molecule has 0 aromatic heterocycles. The van der Waals surface area contributed by atoms with Crippen LogP contribution in [-0.2, 0) is 9.53 Å². The van der Waals surface area contributed by atoms with Crippen LogP contribution in [0.25, 0.3) is 0 Å². The first-order valence-electron chi connectivity index (χ1n) is 4.28. The highest BCUT2D eigenvalue weighted by Crippen LogP contribution is 2.54. The van der Waals surface area contributed by atoms with Crippen LogP contribution in [0.15, 0.2) is 12.2 Å². The van der Waals surface area contributed by atoms with Crippen molar-refractivity contribution in [1.82, 2.24) is 0 Å². The summed E-state index contributed by atoms with van der Waals surface area (Å²) < 4.78 is 4.87. The summed E-state index contributed by atoms with van der Waals surface area (Å²) in [6.45, 7) is 2.22. The fourth-order valence-corrected chi connectivity index (χ4v) is 1.97. The van der Waals surface area contributed by atoms with Crippen molar-refractivity contribution in [3.8, 4) is 0 Å². The number of hydrogen-bond donors (Lipinski definition) is 1. The molecular formula is C9H12O3. The van der Waals surface area contributed by atoms with E-state index in [1.54, 1.807) is 13.0 Å². The standard InChI is InChI=1S/C9H12O3/c1-2-12-9(11)8-5-3-4-6(10)7(5)8/h3-8,10H,2H2,1H3. The molecule has 0 bridgehead atoms. The van der Waals surface area contributed by atoms with Crippen LogP contribution in [0.5, 0.6) is 0 Å². The molecular weight excluding hydrogens is 156 g/mol. The minimum Gasteiger partial charge on any atom is -0.466 e. The van der Waals surface area contributed by atoms with E-state index in [9.17, 15) is 9.90 Å². The lowest BCUT2D eigenvalue weighted by Gasteiger charge is -2.03. The van der Waals surface area contributed by atoms with E-state index in [0.717, 1.165) is 0 Å². The van der Waals surface area contributed by atoms with Gasteiger partial charge in [-0.05, 0) is 12.8 Å². The van der Waals surface area contributed by atoms with Gasteiger partial charge in [0.25, 0.3) is 0 Å². The van der Waals surface area contributed by atoms with Gasteiger partial charge in [-0.3, -0.25) is 4.79 Å². The predicted molar refractivity (Wildman–Crippen MR) is 42.2 cm³/mol. The largest absolute Gasteiger partial charge is 0.466 e. The first kappa shape index (κ1) is 7.80. The number of rotatable bonds is 2. The number of carbonyl (C=O) groups is 1. The van der Waals surface area contributed by atoms with Gasteiger partial charge in [-0.2, -0.15) is 0 Å². The minimum atomic E-state index is -0.426. The predicted octanol–water partition coefficient (Wildman–Crippen LogP) is 0.342. The number of aliphatic hydroxyl groups excluding tert-OH is 1. The highest BCUT2D eigenvalue weighted by Gasteiger charge is 2.59. The number of carbonyl (C=O) groups excluding carboxylic acids is 1. The SMILES string of the molecule is CCOC(=O)C1C2C=CC(O)C21. The second-order valence-corrected chi connectivity index (χ2v) is 3.31. The molecule has 1 N–H and O–H groups in total. The molecule has 2 aliphatic carbocycles. The van der Waals surface area contributed by atoms with Crippen LogP contribution in [0, 0.1) is 17.8 Å². The van der Waals surface area contributed by atoms with Crippen LogP contribution in [0.1, 0.15) is 6.92 Å². The third-order valence-electron chi connectivity index (χ3n) is 2.62. The van der Waals surface area contributed by atoms with Crippen molar-refractivity contribution in [2.75, 3.05) is 6.61 Å². The summed E-state index contributed by atoms with van der Waals surface area (Å²) in [7, 11) is 0. The van der Waals surface area contributed by atoms with Crippen LogP contribution in [0.4, 0.5) is 0 Å². The molecule has 0 radical (unpaired) electrons. The molecule has 0 aliphatic heterocycles. The van der Waals surface area contributed by atoms with E-state index in [1.165, 1.54) is 0 Å². The second kappa shape index (κ2) is 2.59. The smallest absolute Gasteiger partial charge is 0.309 e. The molecule has 2 rings (SSSR count). The highest BCUT2D eigenvalue weighted by molar-refractivity contribution is 5.78. The van der Waals surface area contributed by atoms with Gasteiger partial charge in [0, 0.05) is 5.92 Å². The molecule has 1 saturated carbocycles. The molecule has 2 aliphatic rings. The zero-order valence-corrected chi connectivity index (χ0v) is 6.93. The molecule has 66 valence electrons. The third-order valence-corrected chi connectivity index (χ3v) is 2.62. The van der Waals surface area contributed by atoms with E-state index < -0.39 is 6.10 Å². The summed E-state index contributed by atoms with van der Waals surface area (Å²) in [5.74, 6) is 0.143. The second-order valence-electron chi connectivity index (χ2n) is 3.31. The first-order chi connectivity index (χ1) is 5.75. The maximum Gasteiger partial charge on any atom is 0.309 e. The van der Waals surface area contributed by atoms with Crippen molar-refractivity contribution in [3.05, 3.63) is 12.2 Å². The van der Waals surface area contributed by atoms with Gasteiger partial charge < -0.3 is 9.84 Å². The van der Waals surface area contributed by atoms with Crippen molar-refractivity contribution >= 4 is 5.97 Å². The number of ether oxygens (including phenoxy) is 1. The van der Waals surface area contributed by atoms with Crippen LogP contribution in [0.2, 0.25) is 0 Å². The quantitative estimate of drug-likeness (QED) is 0.478. The molecule has 12 heavy (non-hydrogen) atoms. The summed E-state index contributed by atoms with van der Waals surface area (Å²) >= 11 is 0. The molecule has 0 heterocycles. The molecule has 0 spiro atoms. The molecule has 4 atom stereocenters. The maximum atomic E-state index is 11.2. The average molecular weight is 168 g/mol. The number of fused-ring (bicyclic) bond motifs is 1. The summed E-state index contributed by atoms with van der Waals surface area (Å²) in [5, 5.41) is 9.33. The Hall–Kier alpha value is -0.830. The maximum absolute atomic E-state index is 11.2. The average Bonchev–Trinajstić information content (AvgIpc) is 2.65. The molecule has 0 aromatic carbocycles. The Morgan fingerprint density at radius 3 is 2.83 bits per heavy atom. The van der Waals surface area contributed by atoms with Crippen molar-refractivity contribution in [3.63, 3.8) is 0 Å². The van der Waals surface area contributed by atoms with Crippen LogP contribution in [0.3, 0.4) is 0 Å². The van der Waals surface area contributed by atoms with E-state index in [2.05, 4.69) is 0 Å². The van der Waals surface area contributed by atoms with Gasteiger partial charge in [0.1, 0.15) is 0 Å². The van der Waals surface area contributed by atoms with E-state index in [-0.39, 0.29) is 23.7 Å². The van der Waals surface area contributed by atoms with Gasteiger partial charge in [-0.1, -0.05) is 12.2 Å². The van der Waals surface area contributed by atoms with Gasteiger partial charge in [-0.15, -0.1) is 0 Å². The normalized spacial score (nSPS) is 42.5. The van der Waals surface area contributed by atoms with Crippen molar-refractivity contribution in [2.24, 2.45) is 17.8 Å². The Bertz CT molecular complexity index is 234. The Morgan fingerprint density at radius 1 is 1.58 bits per heavy atom. The van der Waals surface area contributed by atoms with Gasteiger partial charge in [-0.25, -0.2) is 0 Å². The van der Waals surface area contributed by atoms with E-state index in [1.807, 2.05) is 6.08 Å². The molecule has 4 unspecified atom stereocenters. The fraction of sp³-hybridized carbons (Fsp3) is 0.667. The monoisotopic (exact) mass is 168 g/mol. The van der Waals surface area contributed by atoms with E-state index >= 15 is 0 Å². The number of hydrogen-bond acceptors (Lipinski definition) is 3. The Balaban J connectivity index is 1.95. The van der Waals surface area contributed by atoms with Crippen molar-refractivity contribution in [2.45, 2.75) is 13.0 Å². The van der Waals surface area contributed by atoms with Gasteiger partial charge in [0.2, 0.25) is 0 Å². The number of esters is 1. The van der Waals surface area contributed by atoms with Crippen molar-refractivity contribution < 1.29 is 14.6 Å². The van der Waals surface area contributed by atoms with Crippen LogP contribution >= 0.6 is 0 Å². The summed E-state index contributed by atoms with van der Waals surface area (Å²) in [6, 6.07) is 0. The minimum absolute atomic E-state index is 0.0649. The molecule has 1 fully saturated rings. The molecule has 0 amide bonds. The van der Waals surface area contributed by atoms with Gasteiger partial charge in [0.05, 0.1) is 18.6 Å². The topological polar surface area (TPSA) is 46.5 Å². The summed E-state index contributed by atoms with van der Waals surface area (Å²) in [6.07, 6.45) is 3.24. The Kier molecular flexibility index (Phi) is 1.68. The van der Waals surface area contributed by atoms with Crippen LogP contribution in [-0.4, -0.2) is 23.8 Å². The van der Waals surface area contributed by atoms with Crippen molar-refractivity contribution in [1.29, 1.82) is 0 Å². The molecule has 3 heteroatoms. The lowest BCUT2D eigenvalue weighted by atomic mass is 10.2. The number of allylic oxidation sites excluding steroid dienone is 1. The molecule has 0 saturated heterocycles. The lowest BCUT2D eigenvalue weighted by Crippen LogP contribution is -2.13. The Labute approximate surface area is 71.0 Å². The fourth-order valence-electron chi connectivity index (χ4n) is 1.97. The van der Waals surface area contributed by atoms with Gasteiger partial charge >= 0.3 is 5.97 Å². The van der Waals surface area contributed by atoms with Gasteiger partial charge in [0.15, 0.2) is 0 Å².